The molecule has 0 bridgehead atoms. The van der Waals surface area contributed by atoms with Crippen LogP contribution in [0.1, 0.15) is 24.5 Å². The lowest BCUT2D eigenvalue weighted by Crippen LogP contribution is -2.21. The quantitative estimate of drug-likeness (QED) is 0.825. The van der Waals surface area contributed by atoms with Crippen molar-refractivity contribution >= 4 is 0 Å². The summed E-state index contributed by atoms with van der Waals surface area (Å²) in [5.74, 6) is 1.88. The van der Waals surface area contributed by atoms with E-state index in [0.29, 0.717) is 6.04 Å². The molecule has 1 rings (SSSR count). The molecular formula is C14H23NO2. The summed E-state index contributed by atoms with van der Waals surface area (Å²) < 4.78 is 10.8. The van der Waals surface area contributed by atoms with Gasteiger partial charge in [-0.15, -0.1) is 0 Å². The lowest BCUT2D eigenvalue weighted by molar-refractivity contribution is 0.395. The maximum absolute atomic E-state index is 5.42. The van der Waals surface area contributed by atoms with Gasteiger partial charge in [-0.25, -0.2) is 0 Å². The van der Waals surface area contributed by atoms with Gasteiger partial charge < -0.3 is 14.8 Å². The Labute approximate surface area is 104 Å². The Bertz CT molecular complexity index is 363. The predicted octanol–water partition coefficient (Wildman–Crippen LogP) is 2.55. The van der Waals surface area contributed by atoms with E-state index in [1.807, 2.05) is 20.0 Å². The minimum Gasteiger partial charge on any atom is -0.496 e. The summed E-state index contributed by atoms with van der Waals surface area (Å²) in [5, 5.41) is 3.24. The van der Waals surface area contributed by atoms with E-state index < -0.39 is 0 Å². The lowest BCUT2D eigenvalue weighted by atomic mass is 10.0. The molecule has 0 saturated heterocycles. The summed E-state index contributed by atoms with van der Waals surface area (Å²) in [6.45, 7) is 4.21. The molecule has 1 N–H and O–H groups in total. The van der Waals surface area contributed by atoms with Crippen molar-refractivity contribution in [3.8, 4) is 11.5 Å². The second kappa shape index (κ2) is 6.50. The van der Waals surface area contributed by atoms with Gasteiger partial charge in [-0.05, 0) is 57.0 Å². The molecule has 0 aliphatic rings. The van der Waals surface area contributed by atoms with E-state index in [1.54, 1.807) is 14.2 Å². The van der Waals surface area contributed by atoms with Crippen molar-refractivity contribution in [3.63, 3.8) is 0 Å². The van der Waals surface area contributed by atoms with Gasteiger partial charge in [0.1, 0.15) is 11.5 Å². The molecule has 1 aromatic carbocycles. The van der Waals surface area contributed by atoms with Crippen LogP contribution in [0.15, 0.2) is 12.1 Å². The Morgan fingerprint density at radius 2 is 1.82 bits per heavy atom. The first kappa shape index (κ1) is 13.8. The van der Waals surface area contributed by atoms with Gasteiger partial charge in [0.25, 0.3) is 0 Å². The van der Waals surface area contributed by atoms with Crippen LogP contribution in [-0.2, 0) is 6.42 Å². The molecule has 1 aromatic rings. The van der Waals surface area contributed by atoms with Crippen LogP contribution in [0.4, 0.5) is 0 Å². The van der Waals surface area contributed by atoms with Crippen LogP contribution in [0.2, 0.25) is 0 Å². The van der Waals surface area contributed by atoms with Crippen LogP contribution in [0.5, 0.6) is 11.5 Å². The number of benzene rings is 1. The van der Waals surface area contributed by atoms with Crippen molar-refractivity contribution in [1.82, 2.24) is 5.32 Å². The molecule has 0 aliphatic carbocycles. The second-order valence-electron chi connectivity index (χ2n) is 4.36. The predicted molar refractivity (Wildman–Crippen MR) is 71.1 cm³/mol. The van der Waals surface area contributed by atoms with Crippen molar-refractivity contribution in [2.45, 2.75) is 32.7 Å². The summed E-state index contributed by atoms with van der Waals surface area (Å²) in [6.07, 6.45) is 2.07. The van der Waals surface area contributed by atoms with Crippen LogP contribution < -0.4 is 14.8 Å². The van der Waals surface area contributed by atoms with Crippen molar-refractivity contribution in [3.05, 3.63) is 23.3 Å². The maximum atomic E-state index is 5.42. The number of hydrogen-bond acceptors (Lipinski definition) is 3. The van der Waals surface area contributed by atoms with E-state index in [9.17, 15) is 0 Å². The number of methoxy groups -OCH3 is 2. The van der Waals surface area contributed by atoms with Crippen LogP contribution >= 0.6 is 0 Å². The lowest BCUT2D eigenvalue weighted by Gasteiger charge is -2.15. The number of aryl methyl sites for hydroxylation is 2. The smallest absolute Gasteiger partial charge is 0.122 e. The fourth-order valence-corrected chi connectivity index (χ4v) is 1.83. The molecule has 0 aliphatic heterocycles. The normalized spacial score (nSPS) is 12.3. The molecule has 0 fully saturated rings. The zero-order valence-corrected chi connectivity index (χ0v) is 11.5. The van der Waals surface area contributed by atoms with Gasteiger partial charge >= 0.3 is 0 Å². The van der Waals surface area contributed by atoms with E-state index in [0.717, 1.165) is 29.9 Å². The molecule has 0 saturated carbocycles. The number of rotatable bonds is 6. The summed E-state index contributed by atoms with van der Waals surface area (Å²) in [5.41, 5.74) is 2.31. The fraction of sp³-hybridized carbons (Fsp3) is 0.571. The summed E-state index contributed by atoms with van der Waals surface area (Å²) in [4.78, 5) is 0. The zero-order valence-electron chi connectivity index (χ0n) is 11.5. The fourth-order valence-electron chi connectivity index (χ4n) is 1.83. The topological polar surface area (TPSA) is 30.5 Å². The third-order valence-electron chi connectivity index (χ3n) is 3.14. The van der Waals surface area contributed by atoms with E-state index in [2.05, 4.69) is 18.3 Å². The number of ether oxygens (including phenoxy) is 2. The molecule has 1 unspecified atom stereocenters. The Balaban J connectivity index is 2.88. The van der Waals surface area contributed by atoms with Gasteiger partial charge in [-0.2, -0.15) is 0 Å². The highest BCUT2D eigenvalue weighted by Crippen LogP contribution is 2.29. The number of hydrogen-bond donors (Lipinski definition) is 1. The molecule has 3 heteroatoms. The van der Waals surface area contributed by atoms with Crippen LogP contribution in [0.25, 0.3) is 0 Å². The van der Waals surface area contributed by atoms with Crippen molar-refractivity contribution in [2.75, 3.05) is 21.3 Å². The van der Waals surface area contributed by atoms with Crippen LogP contribution in [0, 0.1) is 6.92 Å². The molecular weight excluding hydrogens is 214 g/mol. The molecule has 0 amide bonds. The first-order valence-corrected chi connectivity index (χ1v) is 6.01. The zero-order chi connectivity index (χ0) is 12.8. The first-order chi connectivity index (χ1) is 8.12. The van der Waals surface area contributed by atoms with Gasteiger partial charge in [-0.1, -0.05) is 0 Å². The molecule has 17 heavy (non-hydrogen) atoms. The molecule has 3 nitrogen and oxygen atoms in total. The van der Waals surface area contributed by atoms with Crippen molar-refractivity contribution < 1.29 is 9.47 Å². The largest absolute Gasteiger partial charge is 0.496 e. The molecule has 0 heterocycles. The third-order valence-corrected chi connectivity index (χ3v) is 3.14. The van der Waals surface area contributed by atoms with Gasteiger partial charge in [-0.3, -0.25) is 0 Å². The maximum Gasteiger partial charge on any atom is 0.122 e. The first-order valence-electron chi connectivity index (χ1n) is 6.01. The highest BCUT2D eigenvalue weighted by molar-refractivity contribution is 5.46. The summed E-state index contributed by atoms with van der Waals surface area (Å²) >= 11 is 0. The molecule has 1 atom stereocenters. The van der Waals surface area contributed by atoms with Gasteiger partial charge in [0.15, 0.2) is 0 Å². The van der Waals surface area contributed by atoms with Crippen LogP contribution in [-0.4, -0.2) is 27.3 Å². The van der Waals surface area contributed by atoms with E-state index in [4.69, 9.17) is 9.47 Å². The van der Waals surface area contributed by atoms with Crippen LogP contribution in [0.3, 0.4) is 0 Å². The Hall–Kier alpha value is -1.22. The molecule has 0 aromatic heterocycles. The Morgan fingerprint density at radius 1 is 1.18 bits per heavy atom. The Kier molecular flexibility index (Phi) is 5.29. The summed E-state index contributed by atoms with van der Waals surface area (Å²) in [6, 6.07) is 4.63. The standard InChI is InChI=1S/C14H23NO2/c1-10-8-14(17-5)12(9-13(10)16-4)7-6-11(2)15-3/h8-9,11,15H,6-7H2,1-5H3. The van der Waals surface area contributed by atoms with Gasteiger partial charge in [0.2, 0.25) is 0 Å². The monoisotopic (exact) mass is 237 g/mol. The minimum absolute atomic E-state index is 0.506. The van der Waals surface area contributed by atoms with E-state index >= 15 is 0 Å². The molecule has 96 valence electrons. The average Bonchev–Trinajstić information content (AvgIpc) is 2.36. The SMILES string of the molecule is CNC(C)CCc1cc(OC)c(C)cc1OC. The minimum atomic E-state index is 0.506. The van der Waals surface area contributed by atoms with E-state index in [1.165, 1.54) is 5.56 Å². The summed E-state index contributed by atoms with van der Waals surface area (Å²) in [7, 11) is 5.40. The van der Waals surface area contributed by atoms with Gasteiger partial charge in [0, 0.05) is 6.04 Å². The molecule has 0 radical (unpaired) electrons. The van der Waals surface area contributed by atoms with Crippen molar-refractivity contribution in [1.29, 1.82) is 0 Å². The van der Waals surface area contributed by atoms with Crippen molar-refractivity contribution in [2.24, 2.45) is 0 Å². The number of nitrogens with one attached hydrogen (secondary N) is 1. The van der Waals surface area contributed by atoms with E-state index in [-0.39, 0.29) is 0 Å². The second-order valence-corrected chi connectivity index (χ2v) is 4.36. The van der Waals surface area contributed by atoms with Gasteiger partial charge in [0.05, 0.1) is 14.2 Å². The Morgan fingerprint density at radius 3 is 2.35 bits per heavy atom. The average molecular weight is 237 g/mol. The molecule has 0 spiro atoms. The highest BCUT2D eigenvalue weighted by atomic mass is 16.5. The third kappa shape index (κ3) is 3.63. The highest BCUT2D eigenvalue weighted by Gasteiger charge is 2.09.